The van der Waals surface area contributed by atoms with Crippen LogP contribution in [0.2, 0.25) is 0 Å². The van der Waals surface area contributed by atoms with Crippen molar-refractivity contribution in [2.75, 3.05) is 0 Å². The van der Waals surface area contributed by atoms with Gasteiger partial charge >= 0.3 is 0 Å². The molecular formula is C15H23N3O2. The number of nitrogens with zero attached hydrogens (tertiary/aromatic N) is 1. The molecule has 0 fully saturated rings. The van der Waals surface area contributed by atoms with Crippen LogP contribution >= 0.6 is 0 Å². The molecule has 0 aromatic heterocycles. The number of amides is 1. The molecule has 0 saturated heterocycles. The molecule has 1 atom stereocenters. The number of carbonyl (C=O) groups is 1. The SMILES string of the molecule is CCc1ccccc1CNC(=O)C(C)(CC)/C(N)=N/O. The monoisotopic (exact) mass is 277 g/mol. The zero-order chi connectivity index (χ0) is 15.2. The molecule has 1 aromatic rings. The van der Waals surface area contributed by atoms with Gasteiger partial charge in [-0.25, -0.2) is 0 Å². The van der Waals surface area contributed by atoms with E-state index in [0.29, 0.717) is 13.0 Å². The lowest BCUT2D eigenvalue weighted by atomic mass is 9.85. The number of hydrogen-bond donors (Lipinski definition) is 3. The predicted octanol–water partition coefficient (Wildman–Crippen LogP) is 2.03. The van der Waals surface area contributed by atoms with Gasteiger partial charge in [-0.2, -0.15) is 0 Å². The Morgan fingerprint density at radius 1 is 1.35 bits per heavy atom. The van der Waals surface area contributed by atoms with Gasteiger partial charge in [0.2, 0.25) is 5.91 Å². The van der Waals surface area contributed by atoms with Crippen molar-refractivity contribution in [3.63, 3.8) is 0 Å². The third kappa shape index (κ3) is 3.29. The van der Waals surface area contributed by atoms with E-state index in [1.807, 2.05) is 31.2 Å². The van der Waals surface area contributed by atoms with Crippen molar-refractivity contribution in [2.45, 2.75) is 40.2 Å². The van der Waals surface area contributed by atoms with E-state index in [0.717, 1.165) is 12.0 Å². The van der Waals surface area contributed by atoms with Crippen LogP contribution in [-0.4, -0.2) is 17.0 Å². The van der Waals surface area contributed by atoms with Crippen LogP contribution in [0.4, 0.5) is 0 Å². The normalized spacial score (nSPS) is 14.7. The van der Waals surface area contributed by atoms with Crippen LogP contribution in [0.1, 0.15) is 38.3 Å². The fourth-order valence-electron chi connectivity index (χ4n) is 2.01. The van der Waals surface area contributed by atoms with Gasteiger partial charge in [0.05, 0.1) is 0 Å². The zero-order valence-electron chi connectivity index (χ0n) is 12.3. The van der Waals surface area contributed by atoms with Gasteiger partial charge in [-0.05, 0) is 30.9 Å². The average Bonchev–Trinajstić information content (AvgIpc) is 2.50. The molecule has 5 nitrogen and oxygen atoms in total. The van der Waals surface area contributed by atoms with Crippen molar-refractivity contribution in [1.29, 1.82) is 0 Å². The molecule has 1 unspecified atom stereocenters. The van der Waals surface area contributed by atoms with Gasteiger partial charge in [0.15, 0.2) is 5.84 Å². The maximum Gasteiger partial charge on any atom is 0.233 e. The molecule has 0 bridgehead atoms. The Kier molecular flexibility index (Phi) is 5.55. The van der Waals surface area contributed by atoms with Gasteiger partial charge in [0.1, 0.15) is 5.41 Å². The van der Waals surface area contributed by atoms with Crippen molar-refractivity contribution in [1.82, 2.24) is 5.32 Å². The van der Waals surface area contributed by atoms with Crippen LogP contribution in [0.25, 0.3) is 0 Å². The van der Waals surface area contributed by atoms with Crippen molar-refractivity contribution >= 4 is 11.7 Å². The Morgan fingerprint density at radius 2 is 1.95 bits per heavy atom. The summed E-state index contributed by atoms with van der Waals surface area (Å²) in [7, 11) is 0. The van der Waals surface area contributed by atoms with Crippen molar-refractivity contribution in [3.05, 3.63) is 35.4 Å². The third-order valence-electron chi connectivity index (χ3n) is 3.82. The average molecular weight is 277 g/mol. The summed E-state index contributed by atoms with van der Waals surface area (Å²) in [4.78, 5) is 12.3. The summed E-state index contributed by atoms with van der Waals surface area (Å²) in [6.45, 7) is 6.02. The fraction of sp³-hybridized carbons (Fsp3) is 0.467. The molecule has 0 spiro atoms. The summed E-state index contributed by atoms with van der Waals surface area (Å²) >= 11 is 0. The summed E-state index contributed by atoms with van der Waals surface area (Å²) < 4.78 is 0. The lowest BCUT2D eigenvalue weighted by Gasteiger charge is -2.25. The van der Waals surface area contributed by atoms with Crippen molar-refractivity contribution in [3.8, 4) is 0 Å². The predicted molar refractivity (Wildman–Crippen MR) is 79.5 cm³/mol. The molecular weight excluding hydrogens is 254 g/mol. The van der Waals surface area contributed by atoms with E-state index in [2.05, 4.69) is 17.4 Å². The first-order valence-electron chi connectivity index (χ1n) is 6.82. The molecule has 20 heavy (non-hydrogen) atoms. The standard InChI is InChI=1S/C15H23N3O2/c1-4-11-8-6-7-9-12(11)10-17-14(19)15(3,5-2)13(16)18-20/h6-9,20H,4-5,10H2,1-3H3,(H2,16,18)(H,17,19). The Morgan fingerprint density at radius 3 is 2.45 bits per heavy atom. The molecule has 5 heteroatoms. The molecule has 0 radical (unpaired) electrons. The number of rotatable bonds is 6. The van der Waals surface area contributed by atoms with Crippen LogP contribution in [0.5, 0.6) is 0 Å². The van der Waals surface area contributed by atoms with E-state index in [1.165, 1.54) is 5.56 Å². The lowest BCUT2D eigenvalue weighted by molar-refractivity contribution is -0.127. The third-order valence-corrected chi connectivity index (χ3v) is 3.82. The largest absolute Gasteiger partial charge is 0.409 e. The summed E-state index contributed by atoms with van der Waals surface area (Å²) in [5.41, 5.74) is 6.92. The minimum Gasteiger partial charge on any atom is -0.409 e. The first-order valence-corrected chi connectivity index (χ1v) is 6.82. The van der Waals surface area contributed by atoms with E-state index in [1.54, 1.807) is 6.92 Å². The molecule has 1 amide bonds. The molecule has 1 rings (SSSR count). The van der Waals surface area contributed by atoms with Gasteiger partial charge in [-0.3, -0.25) is 4.79 Å². The Hall–Kier alpha value is -2.04. The number of aryl methyl sites for hydroxylation is 1. The molecule has 0 aliphatic heterocycles. The van der Waals surface area contributed by atoms with E-state index < -0.39 is 5.41 Å². The highest BCUT2D eigenvalue weighted by atomic mass is 16.4. The Balaban J connectivity index is 2.81. The van der Waals surface area contributed by atoms with Gasteiger partial charge in [-0.15, -0.1) is 0 Å². The highest BCUT2D eigenvalue weighted by molar-refractivity contribution is 6.06. The van der Waals surface area contributed by atoms with Gasteiger partial charge in [0.25, 0.3) is 0 Å². The first-order chi connectivity index (χ1) is 9.49. The molecule has 4 N–H and O–H groups in total. The lowest BCUT2D eigenvalue weighted by Crippen LogP contribution is -2.47. The summed E-state index contributed by atoms with van der Waals surface area (Å²) in [5.74, 6) is -0.303. The maximum atomic E-state index is 12.3. The van der Waals surface area contributed by atoms with E-state index in [-0.39, 0.29) is 11.7 Å². The fourth-order valence-corrected chi connectivity index (χ4v) is 2.01. The van der Waals surface area contributed by atoms with Crippen LogP contribution < -0.4 is 11.1 Å². The second-order valence-electron chi connectivity index (χ2n) is 4.98. The quantitative estimate of drug-likeness (QED) is 0.322. The topological polar surface area (TPSA) is 87.7 Å². The summed E-state index contributed by atoms with van der Waals surface area (Å²) in [6.07, 6.45) is 1.38. The number of carbonyl (C=O) groups excluding carboxylic acids is 1. The number of amidine groups is 1. The molecule has 0 aliphatic carbocycles. The highest BCUT2D eigenvalue weighted by Gasteiger charge is 2.36. The molecule has 0 saturated carbocycles. The van der Waals surface area contributed by atoms with E-state index in [4.69, 9.17) is 10.9 Å². The zero-order valence-corrected chi connectivity index (χ0v) is 12.3. The Bertz CT molecular complexity index is 500. The van der Waals surface area contributed by atoms with Gasteiger partial charge < -0.3 is 16.3 Å². The van der Waals surface area contributed by atoms with Crippen molar-refractivity contribution in [2.24, 2.45) is 16.3 Å². The second-order valence-corrected chi connectivity index (χ2v) is 4.98. The number of benzene rings is 1. The smallest absolute Gasteiger partial charge is 0.233 e. The molecule has 1 aromatic carbocycles. The number of nitrogens with two attached hydrogens (primary N) is 1. The second kappa shape index (κ2) is 6.93. The summed E-state index contributed by atoms with van der Waals surface area (Å²) in [5, 5.41) is 14.6. The first kappa shape index (κ1) is 16.0. The maximum absolute atomic E-state index is 12.3. The van der Waals surface area contributed by atoms with Crippen LogP contribution in [0.3, 0.4) is 0 Å². The van der Waals surface area contributed by atoms with Crippen LogP contribution in [0.15, 0.2) is 29.4 Å². The molecule has 110 valence electrons. The molecule has 0 heterocycles. The van der Waals surface area contributed by atoms with Crippen molar-refractivity contribution < 1.29 is 10.0 Å². The summed E-state index contributed by atoms with van der Waals surface area (Å²) in [6, 6.07) is 7.97. The minimum absolute atomic E-state index is 0.0683. The molecule has 0 aliphatic rings. The van der Waals surface area contributed by atoms with E-state index in [9.17, 15) is 4.79 Å². The minimum atomic E-state index is -0.990. The Labute approximate surface area is 119 Å². The van der Waals surface area contributed by atoms with Crippen LogP contribution in [0, 0.1) is 5.41 Å². The highest BCUT2D eigenvalue weighted by Crippen LogP contribution is 2.22. The number of oxime groups is 1. The number of nitrogens with one attached hydrogen (secondary N) is 1. The number of hydrogen-bond acceptors (Lipinski definition) is 3. The van der Waals surface area contributed by atoms with E-state index >= 15 is 0 Å². The van der Waals surface area contributed by atoms with Gasteiger partial charge in [-0.1, -0.05) is 43.3 Å². The van der Waals surface area contributed by atoms with Gasteiger partial charge in [0, 0.05) is 6.54 Å². The van der Waals surface area contributed by atoms with Crippen LogP contribution in [-0.2, 0) is 17.8 Å².